The highest BCUT2D eigenvalue weighted by molar-refractivity contribution is 5.71. The number of esters is 3. The summed E-state index contributed by atoms with van der Waals surface area (Å²) in [6.07, 6.45) is 55.9. The molecule has 0 spiro atoms. The van der Waals surface area contributed by atoms with Crippen molar-refractivity contribution < 1.29 is 28.6 Å². The minimum atomic E-state index is -0.773. The Kier molecular flexibility index (Phi) is 47.8. The molecular formula is C54H100O6. The van der Waals surface area contributed by atoms with E-state index in [9.17, 15) is 14.4 Å². The van der Waals surface area contributed by atoms with Crippen LogP contribution in [0.1, 0.15) is 284 Å². The van der Waals surface area contributed by atoms with Gasteiger partial charge in [0.25, 0.3) is 0 Å². The molecule has 352 valence electrons. The van der Waals surface area contributed by atoms with Gasteiger partial charge in [-0.3, -0.25) is 14.4 Å². The summed E-state index contributed by atoms with van der Waals surface area (Å²) in [6, 6.07) is 0. The molecule has 0 bridgehead atoms. The van der Waals surface area contributed by atoms with Gasteiger partial charge in [0.15, 0.2) is 6.10 Å². The third-order valence-corrected chi connectivity index (χ3v) is 11.7. The van der Waals surface area contributed by atoms with Gasteiger partial charge in [-0.1, -0.05) is 225 Å². The smallest absolute Gasteiger partial charge is 0.306 e. The molecule has 6 heteroatoms. The van der Waals surface area contributed by atoms with E-state index in [1.165, 1.54) is 173 Å². The first-order valence-corrected chi connectivity index (χ1v) is 26.3. The summed E-state index contributed by atoms with van der Waals surface area (Å²) in [6.45, 7) is 6.61. The summed E-state index contributed by atoms with van der Waals surface area (Å²) in [5.74, 6) is -0.879. The van der Waals surface area contributed by atoms with Crippen LogP contribution in [0.4, 0.5) is 0 Å². The highest BCUT2D eigenvalue weighted by atomic mass is 16.6. The van der Waals surface area contributed by atoms with Crippen molar-refractivity contribution in [3.8, 4) is 0 Å². The molecule has 0 saturated heterocycles. The van der Waals surface area contributed by atoms with E-state index in [4.69, 9.17) is 14.2 Å². The van der Waals surface area contributed by atoms with E-state index in [1.54, 1.807) is 0 Å². The van der Waals surface area contributed by atoms with Gasteiger partial charge in [-0.2, -0.15) is 0 Å². The molecule has 0 heterocycles. The van der Waals surface area contributed by atoms with Gasteiger partial charge in [-0.05, 0) is 64.2 Å². The number of ether oxygens (including phenoxy) is 3. The molecule has 0 N–H and O–H groups in total. The van der Waals surface area contributed by atoms with Crippen LogP contribution in [-0.4, -0.2) is 37.2 Å². The average molecular weight is 845 g/mol. The third-order valence-electron chi connectivity index (χ3n) is 11.7. The molecule has 0 saturated carbocycles. The zero-order valence-electron chi connectivity index (χ0n) is 40.2. The Morgan fingerprint density at radius 2 is 0.567 bits per heavy atom. The molecule has 0 aliphatic rings. The lowest BCUT2D eigenvalue weighted by Gasteiger charge is -2.18. The van der Waals surface area contributed by atoms with E-state index in [2.05, 4.69) is 45.1 Å². The first-order valence-electron chi connectivity index (χ1n) is 26.3. The van der Waals surface area contributed by atoms with Crippen LogP contribution >= 0.6 is 0 Å². The zero-order valence-corrected chi connectivity index (χ0v) is 40.2. The molecule has 0 radical (unpaired) electrons. The van der Waals surface area contributed by atoms with Crippen LogP contribution < -0.4 is 0 Å². The minimum absolute atomic E-state index is 0.0734. The van der Waals surface area contributed by atoms with Crippen molar-refractivity contribution in [1.82, 2.24) is 0 Å². The average Bonchev–Trinajstić information content (AvgIpc) is 3.24. The van der Waals surface area contributed by atoms with Gasteiger partial charge in [0, 0.05) is 19.3 Å². The Bertz CT molecular complexity index is 973. The van der Waals surface area contributed by atoms with Crippen LogP contribution in [-0.2, 0) is 28.6 Å². The summed E-state index contributed by atoms with van der Waals surface area (Å²) in [7, 11) is 0. The monoisotopic (exact) mass is 845 g/mol. The molecular weight excluding hydrogens is 745 g/mol. The Labute approximate surface area is 373 Å². The van der Waals surface area contributed by atoms with Crippen molar-refractivity contribution in [2.45, 2.75) is 290 Å². The van der Waals surface area contributed by atoms with Crippen molar-refractivity contribution in [2.75, 3.05) is 13.2 Å². The highest BCUT2D eigenvalue weighted by Crippen LogP contribution is 2.16. The molecule has 0 aromatic heterocycles. The predicted octanol–water partition coefficient (Wildman–Crippen LogP) is 17.2. The number of carbonyl (C=O) groups is 3. The second-order valence-corrected chi connectivity index (χ2v) is 17.8. The van der Waals surface area contributed by atoms with E-state index in [0.29, 0.717) is 19.3 Å². The summed E-state index contributed by atoms with van der Waals surface area (Å²) >= 11 is 0. The summed E-state index contributed by atoms with van der Waals surface area (Å²) in [4.78, 5) is 37.9. The predicted molar refractivity (Wildman–Crippen MR) is 256 cm³/mol. The number of hydrogen-bond acceptors (Lipinski definition) is 6. The van der Waals surface area contributed by atoms with Gasteiger partial charge < -0.3 is 14.2 Å². The molecule has 0 aliphatic heterocycles. The summed E-state index contributed by atoms with van der Waals surface area (Å²) in [5, 5.41) is 0. The Morgan fingerprint density at radius 1 is 0.317 bits per heavy atom. The van der Waals surface area contributed by atoms with E-state index in [1.807, 2.05) is 0 Å². The van der Waals surface area contributed by atoms with E-state index < -0.39 is 6.10 Å². The maximum absolute atomic E-state index is 12.8. The molecule has 0 aromatic carbocycles. The topological polar surface area (TPSA) is 78.9 Å². The lowest BCUT2D eigenvalue weighted by atomic mass is 10.0. The van der Waals surface area contributed by atoms with Crippen molar-refractivity contribution in [2.24, 2.45) is 0 Å². The van der Waals surface area contributed by atoms with Crippen LogP contribution in [0, 0.1) is 0 Å². The van der Waals surface area contributed by atoms with Crippen molar-refractivity contribution in [3.63, 3.8) is 0 Å². The molecule has 0 amide bonds. The van der Waals surface area contributed by atoms with Crippen LogP contribution in [0.5, 0.6) is 0 Å². The van der Waals surface area contributed by atoms with E-state index >= 15 is 0 Å². The fourth-order valence-corrected chi connectivity index (χ4v) is 7.65. The number of unbranched alkanes of at least 4 members (excludes halogenated alkanes) is 33. The molecule has 0 unspecified atom stereocenters. The standard InChI is InChI=1S/C54H100O6/c1-4-7-10-13-16-19-22-24-26-28-29-32-35-38-41-44-47-53(56)59-50-51(49-58-52(55)46-43-40-37-34-31-21-18-15-12-9-6-3)60-54(57)48-45-42-39-36-33-30-27-25-23-20-17-14-11-8-5-2/h15,18,25,27,51H,4-14,16-17,19-24,26,28-50H2,1-3H3/b18-15-,27-25-/t51-/m1/s1. The van der Waals surface area contributed by atoms with Crippen LogP contribution in [0.2, 0.25) is 0 Å². The maximum Gasteiger partial charge on any atom is 0.306 e. The quantitative estimate of drug-likeness (QED) is 0.0263. The molecule has 60 heavy (non-hydrogen) atoms. The van der Waals surface area contributed by atoms with Crippen LogP contribution in [0.25, 0.3) is 0 Å². The Morgan fingerprint density at radius 3 is 0.883 bits per heavy atom. The molecule has 0 aliphatic carbocycles. The summed E-state index contributed by atoms with van der Waals surface area (Å²) < 4.78 is 16.8. The van der Waals surface area contributed by atoms with E-state index in [0.717, 1.165) is 70.6 Å². The number of hydrogen-bond donors (Lipinski definition) is 0. The van der Waals surface area contributed by atoms with Gasteiger partial charge in [0.2, 0.25) is 0 Å². The van der Waals surface area contributed by atoms with Crippen molar-refractivity contribution in [3.05, 3.63) is 24.3 Å². The fourth-order valence-electron chi connectivity index (χ4n) is 7.65. The number of allylic oxidation sites excluding steroid dienone is 4. The SMILES string of the molecule is CCCC/C=C\CCCCCCCC(=O)OC[C@H](COC(=O)CCCCCCCCCCCCCCCCCC)OC(=O)CCCCCCC/C=C\CCCCCCCC. The molecule has 0 fully saturated rings. The van der Waals surface area contributed by atoms with Gasteiger partial charge in [-0.25, -0.2) is 0 Å². The van der Waals surface area contributed by atoms with Gasteiger partial charge >= 0.3 is 17.9 Å². The highest BCUT2D eigenvalue weighted by Gasteiger charge is 2.19. The lowest BCUT2D eigenvalue weighted by Crippen LogP contribution is -2.30. The molecule has 6 nitrogen and oxygen atoms in total. The van der Waals surface area contributed by atoms with E-state index in [-0.39, 0.29) is 31.1 Å². The van der Waals surface area contributed by atoms with Gasteiger partial charge in [0.05, 0.1) is 0 Å². The normalized spacial score (nSPS) is 12.1. The first-order chi connectivity index (χ1) is 29.5. The van der Waals surface area contributed by atoms with Crippen molar-refractivity contribution >= 4 is 17.9 Å². The van der Waals surface area contributed by atoms with Gasteiger partial charge in [-0.15, -0.1) is 0 Å². The van der Waals surface area contributed by atoms with Crippen LogP contribution in [0.3, 0.4) is 0 Å². The fraction of sp³-hybridized carbons (Fsp3) is 0.870. The minimum Gasteiger partial charge on any atom is -0.462 e. The number of rotatable bonds is 48. The largest absolute Gasteiger partial charge is 0.462 e. The second-order valence-electron chi connectivity index (χ2n) is 17.8. The summed E-state index contributed by atoms with van der Waals surface area (Å²) in [5.41, 5.74) is 0. The maximum atomic E-state index is 12.8. The lowest BCUT2D eigenvalue weighted by molar-refractivity contribution is -0.167. The Balaban J connectivity index is 4.33. The second kappa shape index (κ2) is 49.5. The van der Waals surface area contributed by atoms with Gasteiger partial charge in [0.1, 0.15) is 13.2 Å². The van der Waals surface area contributed by atoms with Crippen LogP contribution in [0.15, 0.2) is 24.3 Å². The van der Waals surface area contributed by atoms with Crippen molar-refractivity contribution in [1.29, 1.82) is 0 Å². The third kappa shape index (κ3) is 46.9. The molecule has 0 aromatic rings. The number of carbonyl (C=O) groups excluding carboxylic acids is 3. The Hall–Kier alpha value is -2.11. The molecule has 1 atom stereocenters. The molecule has 0 rings (SSSR count). The first kappa shape index (κ1) is 57.9. The zero-order chi connectivity index (χ0) is 43.7.